The van der Waals surface area contributed by atoms with Gasteiger partial charge in [0.25, 0.3) is 0 Å². The lowest BCUT2D eigenvalue weighted by Crippen LogP contribution is -2.34. The molecule has 0 aromatic rings. The summed E-state index contributed by atoms with van der Waals surface area (Å²) < 4.78 is 0. The Labute approximate surface area is 68.8 Å². The molecule has 0 spiro atoms. The van der Waals surface area contributed by atoms with Gasteiger partial charge < -0.3 is 5.32 Å². The van der Waals surface area contributed by atoms with Crippen molar-refractivity contribution in [1.82, 2.24) is 10.2 Å². The molecular weight excluding hydrogens is 140 g/mol. The number of carbonyl (C=O) groups excluding carboxylic acids is 1. The van der Waals surface area contributed by atoms with Crippen molar-refractivity contribution in [1.29, 1.82) is 0 Å². The highest BCUT2D eigenvalue weighted by molar-refractivity contribution is 5.83. The topological polar surface area (TPSA) is 32.3 Å². The number of nitrogens with zero attached hydrogens (tertiary/aromatic N) is 1. The molecule has 1 aliphatic heterocycles. The molecule has 0 radical (unpaired) electrons. The molecule has 0 saturated carbocycles. The number of amides is 1. The first-order chi connectivity index (χ1) is 5.22. The van der Waals surface area contributed by atoms with E-state index in [2.05, 4.69) is 5.32 Å². The second-order valence-electron chi connectivity index (χ2n) is 2.56. The van der Waals surface area contributed by atoms with E-state index in [0.29, 0.717) is 0 Å². The molecule has 1 heterocycles. The van der Waals surface area contributed by atoms with Gasteiger partial charge in [-0.25, -0.2) is 0 Å². The minimum atomic E-state index is 0.116. The number of likely N-dealkylation sites (N-methyl/N-ethyl adjacent to an activating group) is 1. The zero-order valence-corrected chi connectivity index (χ0v) is 7.85. The molecule has 1 unspecified atom stereocenters. The van der Waals surface area contributed by atoms with Crippen molar-refractivity contribution in [3.8, 4) is 0 Å². The van der Waals surface area contributed by atoms with Crippen LogP contribution < -0.4 is 5.32 Å². The van der Waals surface area contributed by atoms with Crippen LogP contribution >= 0.6 is 0 Å². The molecule has 0 bridgehead atoms. The molecule has 0 aromatic carbocycles. The first-order valence-electron chi connectivity index (χ1n) is 4.16. The fourth-order valence-corrected chi connectivity index (χ4v) is 1.07. The van der Waals surface area contributed by atoms with Crippen molar-refractivity contribution in [2.24, 2.45) is 0 Å². The zero-order chi connectivity index (χ0) is 8.85. The van der Waals surface area contributed by atoms with Crippen LogP contribution in [0.3, 0.4) is 0 Å². The van der Waals surface area contributed by atoms with E-state index in [9.17, 15) is 4.79 Å². The van der Waals surface area contributed by atoms with Gasteiger partial charge in [-0.1, -0.05) is 13.8 Å². The van der Waals surface area contributed by atoms with Crippen molar-refractivity contribution >= 4 is 5.91 Å². The third-order valence-corrected chi connectivity index (χ3v) is 1.64. The van der Waals surface area contributed by atoms with E-state index in [4.69, 9.17) is 0 Å². The summed E-state index contributed by atoms with van der Waals surface area (Å²) in [6.07, 6.45) is 0.950. The Hall–Kier alpha value is -0.570. The largest absolute Gasteiger partial charge is 0.355 e. The fraction of sp³-hybridized carbons (Fsp3) is 0.875. The quantitative estimate of drug-likeness (QED) is 0.601. The summed E-state index contributed by atoms with van der Waals surface area (Å²) in [6, 6.07) is 0.116. The van der Waals surface area contributed by atoms with Crippen LogP contribution in [-0.4, -0.2) is 37.5 Å². The Morgan fingerprint density at radius 2 is 2.00 bits per heavy atom. The van der Waals surface area contributed by atoms with Gasteiger partial charge in [-0.15, -0.1) is 0 Å². The van der Waals surface area contributed by atoms with Gasteiger partial charge in [-0.3, -0.25) is 9.69 Å². The average Bonchev–Trinajstić information content (AvgIpc) is 2.39. The maximum Gasteiger partial charge on any atom is 0.237 e. The molecule has 1 amide bonds. The Bertz CT molecular complexity index is 123. The molecule has 11 heavy (non-hydrogen) atoms. The van der Waals surface area contributed by atoms with Crippen LogP contribution in [0.25, 0.3) is 0 Å². The lowest BCUT2D eigenvalue weighted by Gasteiger charge is -2.14. The molecule has 1 fully saturated rings. The third-order valence-electron chi connectivity index (χ3n) is 1.64. The van der Waals surface area contributed by atoms with Crippen LogP contribution in [0.4, 0.5) is 0 Å². The van der Waals surface area contributed by atoms with Gasteiger partial charge in [-0.05, 0) is 20.5 Å². The smallest absolute Gasteiger partial charge is 0.237 e. The Balaban J connectivity index is 0.000000461. The molecule has 0 aliphatic carbocycles. The highest BCUT2D eigenvalue weighted by atomic mass is 16.2. The minimum absolute atomic E-state index is 0.116. The predicted octanol–water partition coefficient (Wildman–Crippen LogP) is 0.463. The van der Waals surface area contributed by atoms with Crippen molar-refractivity contribution in [3.05, 3.63) is 0 Å². The lowest BCUT2D eigenvalue weighted by atomic mass is 10.2. The highest BCUT2D eigenvalue weighted by Gasteiger charge is 2.25. The first kappa shape index (κ1) is 10.4. The van der Waals surface area contributed by atoms with Gasteiger partial charge in [0, 0.05) is 6.54 Å². The van der Waals surface area contributed by atoms with Crippen LogP contribution in [0.15, 0.2) is 0 Å². The van der Waals surface area contributed by atoms with E-state index in [1.807, 2.05) is 32.8 Å². The van der Waals surface area contributed by atoms with E-state index in [1.54, 1.807) is 0 Å². The van der Waals surface area contributed by atoms with Crippen LogP contribution in [-0.2, 0) is 4.79 Å². The molecule has 3 nitrogen and oxygen atoms in total. The maximum absolute atomic E-state index is 10.9. The number of nitrogens with one attached hydrogen (secondary N) is 1. The van der Waals surface area contributed by atoms with E-state index < -0.39 is 0 Å². The van der Waals surface area contributed by atoms with Gasteiger partial charge in [-0.2, -0.15) is 0 Å². The van der Waals surface area contributed by atoms with Gasteiger partial charge in [0.05, 0.1) is 6.04 Å². The van der Waals surface area contributed by atoms with Gasteiger partial charge in [0.1, 0.15) is 0 Å². The molecule has 66 valence electrons. The molecule has 1 N–H and O–H groups in total. The summed E-state index contributed by atoms with van der Waals surface area (Å²) in [7, 11) is 3.85. The number of hydrogen-bond donors (Lipinski definition) is 1. The fourth-order valence-electron chi connectivity index (χ4n) is 1.07. The standard InChI is InChI=1S/C6H12N2O.C2H6/c1-8(2)5-3-4-7-6(5)9;1-2/h5H,3-4H2,1-2H3,(H,7,9);1-2H3. The predicted molar refractivity (Wildman–Crippen MR) is 46.4 cm³/mol. The molecule has 1 rings (SSSR count). The summed E-state index contributed by atoms with van der Waals surface area (Å²) in [5.74, 6) is 0.167. The summed E-state index contributed by atoms with van der Waals surface area (Å²) in [6.45, 7) is 4.84. The Morgan fingerprint density at radius 1 is 1.45 bits per heavy atom. The van der Waals surface area contributed by atoms with Crippen LogP contribution in [0.5, 0.6) is 0 Å². The summed E-state index contributed by atoms with van der Waals surface area (Å²) in [5, 5.41) is 2.77. The number of rotatable bonds is 1. The van der Waals surface area contributed by atoms with E-state index >= 15 is 0 Å². The second-order valence-corrected chi connectivity index (χ2v) is 2.56. The van der Waals surface area contributed by atoms with Crippen molar-refractivity contribution < 1.29 is 4.79 Å². The molecule has 1 saturated heterocycles. The molecule has 0 aromatic heterocycles. The van der Waals surface area contributed by atoms with E-state index in [1.165, 1.54) is 0 Å². The first-order valence-corrected chi connectivity index (χ1v) is 4.16. The van der Waals surface area contributed by atoms with Crippen LogP contribution in [0, 0.1) is 0 Å². The van der Waals surface area contributed by atoms with Crippen LogP contribution in [0.1, 0.15) is 20.3 Å². The summed E-state index contributed by atoms with van der Waals surface area (Å²) >= 11 is 0. The highest BCUT2D eigenvalue weighted by Crippen LogP contribution is 2.04. The zero-order valence-electron chi connectivity index (χ0n) is 7.85. The molecule has 1 aliphatic rings. The monoisotopic (exact) mass is 158 g/mol. The second kappa shape index (κ2) is 5.13. The molecule has 3 heteroatoms. The van der Waals surface area contributed by atoms with Gasteiger partial charge in [0.15, 0.2) is 0 Å². The molecular formula is C8H18N2O. The minimum Gasteiger partial charge on any atom is -0.355 e. The van der Waals surface area contributed by atoms with Gasteiger partial charge >= 0.3 is 0 Å². The maximum atomic E-state index is 10.9. The van der Waals surface area contributed by atoms with Crippen molar-refractivity contribution in [2.45, 2.75) is 26.3 Å². The van der Waals surface area contributed by atoms with Crippen molar-refractivity contribution in [2.75, 3.05) is 20.6 Å². The van der Waals surface area contributed by atoms with Crippen LogP contribution in [0.2, 0.25) is 0 Å². The Morgan fingerprint density at radius 3 is 2.18 bits per heavy atom. The van der Waals surface area contributed by atoms with E-state index in [-0.39, 0.29) is 11.9 Å². The normalized spacial score (nSPS) is 22.6. The molecule has 1 atom stereocenters. The number of carbonyl (C=O) groups is 1. The van der Waals surface area contributed by atoms with E-state index in [0.717, 1.165) is 13.0 Å². The van der Waals surface area contributed by atoms with Gasteiger partial charge in [0.2, 0.25) is 5.91 Å². The summed E-state index contributed by atoms with van der Waals surface area (Å²) in [5.41, 5.74) is 0. The average molecular weight is 158 g/mol. The lowest BCUT2D eigenvalue weighted by molar-refractivity contribution is -0.122. The number of hydrogen-bond acceptors (Lipinski definition) is 2. The Kier molecular flexibility index (Phi) is 4.86. The third kappa shape index (κ3) is 2.89. The summed E-state index contributed by atoms with van der Waals surface area (Å²) in [4.78, 5) is 12.8. The van der Waals surface area contributed by atoms with Crippen molar-refractivity contribution in [3.63, 3.8) is 0 Å². The SMILES string of the molecule is CC.CN(C)C1CCNC1=O.